The molecular weight excluding hydrogens is 376 g/mol. The Morgan fingerprint density at radius 2 is 1.80 bits per heavy atom. The van der Waals surface area contributed by atoms with Gasteiger partial charge in [0.05, 0.1) is 18.8 Å². The molecule has 0 bridgehead atoms. The first-order valence-electron chi connectivity index (χ1n) is 11.0. The van der Waals surface area contributed by atoms with Gasteiger partial charge in [0.15, 0.2) is 0 Å². The molecule has 3 N–H and O–H groups in total. The Bertz CT molecular complexity index is 778. The van der Waals surface area contributed by atoms with Crippen molar-refractivity contribution in [3.63, 3.8) is 0 Å². The third kappa shape index (κ3) is 8.56. The van der Waals surface area contributed by atoms with E-state index in [4.69, 9.17) is 4.74 Å². The van der Waals surface area contributed by atoms with Crippen LogP contribution < -0.4 is 15.4 Å². The standard InChI is InChI=1S/C25H36N2O3/c1-4-6-13-30-23-12-8-10-21(15-23)16-24(27-19(3)28)25(29)18-26-17-22-11-7-9-20(5-2)14-22/h7-12,14-15,24-26,29H,4-6,13,16-18H2,1-3H3,(H,27,28). The summed E-state index contributed by atoms with van der Waals surface area (Å²) in [5.74, 6) is 0.677. The lowest BCUT2D eigenvalue weighted by atomic mass is 10.0. The first-order valence-corrected chi connectivity index (χ1v) is 11.0. The zero-order valence-corrected chi connectivity index (χ0v) is 18.5. The Balaban J connectivity index is 1.93. The van der Waals surface area contributed by atoms with Crippen molar-refractivity contribution in [2.24, 2.45) is 0 Å². The minimum atomic E-state index is -0.701. The van der Waals surface area contributed by atoms with Crippen molar-refractivity contribution >= 4 is 5.91 Å². The van der Waals surface area contributed by atoms with E-state index in [1.54, 1.807) is 0 Å². The predicted molar refractivity (Wildman–Crippen MR) is 122 cm³/mol. The maximum atomic E-state index is 11.7. The van der Waals surface area contributed by atoms with Crippen molar-refractivity contribution in [2.45, 2.75) is 65.1 Å². The number of aryl methyl sites for hydroxylation is 1. The lowest BCUT2D eigenvalue weighted by Crippen LogP contribution is -2.48. The van der Waals surface area contributed by atoms with Crippen LogP contribution in [0.15, 0.2) is 48.5 Å². The second-order valence-electron chi connectivity index (χ2n) is 7.73. The number of benzene rings is 2. The molecule has 0 saturated carbocycles. The van der Waals surface area contributed by atoms with E-state index in [1.807, 2.05) is 24.3 Å². The summed E-state index contributed by atoms with van der Waals surface area (Å²) in [5, 5.41) is 16.9. The zero-order valence-electron chi connectivity index (χ0n) is 18.5. The number of hydrogen-bond donors (Lipinski definition) is 3. The van der Waals surface area contributed by atoms with E-state index in [9.17, 15) is 9.90 Å². The molecule has 2 unspecified atom stereocenters. The Labute approximate surface area is 180 Å². The van der Waals surface area contributed by atoms with Crippen molar-refractivity contribution in [3.05, 3.63) is 65.2 Å². The van der Waals surface area contributed by atoms with Gasteiger partial charge in [-0.05, 0) is 48.1 Å². The molecular formula is C25H36N2O3. The number of ether oxygens (including phenoxy) is 1. The second kappa shape index (κ2) is 13.0. The topological polar surface area (TPSA) is 70.6 Å². The van der Waals surface area contributed by atoms with Crippen molar-refractivity contribution in [2.75, 3.05) is 13.2 Å². The van der Waals surface area contributed by atoms with Gasteiger partial charge in [-0.3, -0.25) is 4.79 Å². The third-order valence-corrected chi connectivity index (χ3v) is 5.06. The van der Waals surface area contributed by atoms with Gasteiger partial charge in [0, 0.05) is 20.0 Å². The fraction of sp³-hybridized carbons (Fsp3) is 0.480. The van der Waals surface area contributed by atoms with Gasteiger partial charge >= 0.3 is 0 Å². The van der Waals surface area contributed by atoms with Crippen molar-refractivity contribution in [1.29, 1.82) is 0 Å². The summed E-state index contributed by atoms with van der Waals surface area (Å²) in [4.78, 5) is 11.7. The lowest BCUT2D eigenvalue weighted by Gasteiger charge is -2.24. The highest BCUT2D eigenvalue weighted by molar-refractivity contribution is 5.73. The smallest absolute Gasteiger partial charge is 0.217 e. The van der Waals surface area contributed by atoms with E-state index >= 15 is 0 Å². The Kier molecular flexibility index (Phi) is 10.4. The highest BCUT2D eigenvalue weighted by Gasteiger charge is 2.20. The van der Waals surface area contributed by atoms with Crippen LogP contribution in [-0.4, -0.2) is 36.3 Å². The monoisotopic (exact) mass is 412 g/mol. The molecule has 0 fully saturated rings. The predicted octanol–water partition coefficient (Wildman–Crippen LogP) is 3.63. The number of nitrogens with one attached hydrogen (secondary N) is 2. The number of rotatable bonds is 13. The summed E-state index contributed by atoms with van der Waals surface area (Å²) in [6, 6.07) is 15.9. The quantitative estimate of drug-likeness (QED) is 0.440. The molecule has 2 aromatic rings. The van der Waals surface area contributed by atoms with Crippen LogP contribution in [0.1, 0.15) is 50.3 Å². The number of amides is 1. The molecule has 0 aliphatic rings. The number of carbonyl (C=O) groups excluding carboxylic acids is 1. The molecule has 1 amide bonds. The largest absolute Gasteiger partial charge is 0.494 e. The molecule has 0 aliphatic carbocycles. The summed E-state index contributed by atoms with van der Waals surface area (Å²) in [6.45, 7) is 7.52. The fourth-order valence-corrected chi connectivity index (χ4v) is 3.36. The summed E-state index contributed by atoms with van der Waals surface area (Å²) in [7, 11) is 0. The van der Waals surface area contributed by atoms with Crippen molar-refractivity contribution in [3.8, 4) is 5.75 Å². The molecule has 0 aliphatic heterocycles. The van der Waals surface area contributed by atoms with E-state index in [0.717, 1.165) is 30.6 Å². The first-order chi connectivity index (χ1) is 14.5. The third-order valence-electron chi connectivity index (χ3n) is 5.06. The Morgan fingerprint density at radius 3 is 2.53 bits per heavy atom. The van der Waals surface area contributed by atoms with Crippen LogP contribution in [0.25, 0.3) is 0 Å². The number of carbonyl (C=O) groups is 1. The Morgan fingerprint density at radius 1 is 1.07 bits per heavy atom. The summed E-state index contributed by atoms with van der Waals surface area (Å²) in [5.41, 5.74) is 3.51. The number of aliphatic hydroxyl groups is 1. The maximum Gasteiger partial charge on any atom is 0.217 e. The minimum Gasteiger partial charge on any atom is -0.494 e. The number of unbranched alkanes of at least 4 members (excludes halogenated alkanes) is 1. The molecule has 2 rings (SSSR count). The van der Waals surface area contributed by atoms with E-state index in [1.165, 1.54) is 18.1 Å². The van der Waals surface area contributed by atoms with E-state index in [0.29, 0.717) is 26.1 Å². The molecule has 2 atom stereocenters. The lowest BCUT2D eigenvalue weighted by molar-refractivity contribution is -0.120. The molecule has 0 spiro atoms. The zero-order chi connectivity index (χ0) is 21.8. The number of hydrogen-bond acceptors (Lipinski definition) is 4. The van der Waals surface area contributed by atoms with Gasteiger partial charge in [-0.15, -0.1) is 0 Å². The molecule has 0 aromatic heterocycles. The van der Waals surface area contributed by atoms with Gasteiger partial charge in [0.2, 0.25) is 5.91 Å². The molecule has 0 heterocycles. The van der Waals surface area contributed by atoms with Gasteiger partial charge < -0.3 is 20.5 Å². The summed E-state index contributed by atoms with van der Waals surface area (Å²) < 4.78 is 5.78. The second-order valence-corrected chi connectivity index (χ2v) is 7.73. The van der Waals surface area contributed by atoms with Crippen LogP contribution >= 0.6 is 0 Å². The van der Waals surface area contributed by atoms with Gasteiger partial charge in [-0.1, -0.05) is 56.7 Å². The van der Waals surface area contributed by atoms with Gasteiger partial charge in [-0.2, -0.15) is 0 Å². The average molecular weight is 413 g/mol. The van der Waals surface area contributed by atoms with Gasteiger partial charge in [0.1, 0.15) is 5.75 Å². The van der Waals surface area contributed by atoms with E-state index in [-0.39, 0.29) is 11.9 Å². The van der Waals surface area contributed by atoms with Gasteiger partial charge in [-0.25, -0.2) is 0 Å². The van der Waals surface area contributed by atoms with Crippen molar-refractivity contribution in [1.82, 2.24) is 10.6 Å². The summed E-state index contributed by atoms with van der Waals surface area (Å²) in [6.07, 6.45) is 2.95. The molecule has 164 valence electrons. The van der Waals surface area contributed by atoms with Crippen LogP contribution in [0.4, 0.5) is 0 Å². The molecule has 0 saturated heterocycles. The SMILES string of the molecule is CCCCOc1cccc(CC(NC(C)=O)C(O)CNCc2cccc(CC)c2)c1. The fourth-order valence-electron chi connectivity index (χ4n) is 3.36. The molecule has 5 heteroatoms. The van der Waals surface area contributed by atoms with Gasteiger partial charge in [0.25, 0.3) is 0 Å². The molecule has 5 nitrogen and oxygen atoms in total. The first kappa shape index (κ1) is 23.9. The van der Waals surface area contributed by atoms with Crippen LogP contribution in [-0.2, 0) is 24.2 Å². The minimum absolute atomic E-state index is 0.148. The van der Waals surface area contributed by atoms with E-state index in [2.05, 4.69) is 48.7 Å². The molecule has 30 heavy (non-hydrogen) atoms. The average Bonchev–Trinajstić information content (AvgIpc) is 2.73. The highest BCUT2D eigenvalue weighted by Crippen LogP contribution is 2.16. The normalized spacial score (nSPS) is 12.9. The maximum absolute atomic E-state index is 11.7. The van der Waals surface area contributed by atoms with Crippen LogP contribution in [0, 0.1) is 0 Å². The molecule has 0 radical (unpaired) electrons. The van der Waals surface area contributed by atoms with E-state index < -0.39 is 6.10 Å². The van der Waals surface area contributed by atoms with Crippen LogP contribution in [0.3, 0.4) is 0 Å². The number of aliphatic hydroxyl groups excluding tert-OH is 1. The Hall–Kier alpha value is -2.37. The van der Waals surface area contributed by atoms with Crippen LogP contribution in [0.2, 0.25) is 0 Å². The van der Waals surface area contributed by atoms with Crippen molar-refractivity contribution < 1.29 is 14.6 Å². The summed E-state index contributed by atoms with van der Waals surface area (Å²) >= 11 is 0. The molecule has 2 aromatic carbocycles. The highest BCUT2D eigenvalue weighted by atomic mass is 16.5. The van der Waals surface area contributed by atoms with Crippen LogP contribution in [0.5, 0.6) is 5.75 Å².